The van der Waals surface area contributed by atoms with Crippen LogP contribution in [0.15, 0.2) is 54.7 Å². The molecule has 3 nitrogen and oxygen atoms in total. The van der Waals surface area contributed by atoms with Crippen molar-refractivity contribution in [1.82, 2.24) is 15.1 Å². The lowest BCUT2D eigenvalue weighted by molar-refractivity contribution is 0.533. The number of benzene rings is 2. The van der Waals surface area contributed by atoms with Crippen molar-refractivity contribution in [2.75, 3.05) is 6.54 Å². The van der Waals surface area contributed by atoms with E-state index in [9.17, 15) is 4.39 Å². The molecule has 0 saturated carbocycles. The second kappa shape index (κ2) is 8.96. The Labute approximate surface area is 161 Å². The molecule has 1 N–H and O–H groups in total. The van der Waals surface area contributed by atoms with Gasteiger partial charge >= 0.3 is 0 Å². The molecule has 0 aliphatic heterocycles. The van der Waals surface area contributed by atoms with Gasteiger partial charge in [0.15, 0.2) is 0 Å². The molecule has 0 fully saturated rings. The van der Waals surface area contributed by atoms with E-state index in [2.05, 4.69) is 41.6 Å². The highest BCUT2D eigenvalue weighted by Crippen LogP contribution is 2.19. The molecule has 1 aromatic heterocycles. The Balaban J connectivity index is 1.42. The Bertz CT molecular complexity index is 868. The Hall–Kier alpha value is -2.46. The lowest BCUT2D eigenvalue weighted by Crippen LogP contribution is -2.29. The van der Waals surface area contributed by atoms with Crippen LogP contribution in [0.25, 0.3) is 11.3 Å². The van der Waals surface area contributed by atoms with Crippen molar-refractivity contribution in [1.29, 1.82) is 0 Å². The van der Waals surface area contributed by atoms with Gasteiger partial charge in [-0.15, -0.1) is 0 Å². The number of halogens is 1. The molecule has 0 aliphatic rings. The summed E-state index contributed by atoms with van der Waals surface area (Å²) in [4.78, 5) is 0. The summed E-state index contributed by atoms with van der Waals surface area (Å²) in [7, 11) is 1.96. The molecular formula is C23H28FN3. The predicted octanol–water partition coefficient (Wildman–Crippen LogP) is 4.69. The van der Waals surface area contributed by atoms with Crippen LogP contribution < -0.4 is 5.32 Å². The number of aryl methyl sites for hydroxylation is 3. The number of rotatable bonds is 8. The summed E-state index contributed by atoms with van der Waals surface area (Å²) in [5, 5.41) is 7.79. The van der Waals surface area contributed by atoms with Gasteiger partial charge in [-0.05, 0) is 74.0 Å². The zero-order valence-electron chi connectivity index (χ0n) is 16.4. The van der Waals surface area contributed by atoms with E-state index in [1.165, 1.54) is 16.7 Å². The van der Waals surface area contributed by atoms with E-state index in [0.717, 1.165) is 31.5 Å². The van der Waals surface area contributed by atoms with Crippen molar-refractivity contribution in [3.8, 4) is 11.3 Å². The number of hydrogen-bond donors (Lipinski definition) is 1. The molecule has 1 atom stereocenters. The fourth-order valence-electron chi connectivity index (χ4n) is 3.40. The van der Waals surface area contributed by atoms with E-state index in [-0.39, 0.29) is 5.82 Å². The van der Waals surface area contributed by atoms with Crippen LogP contribution in [-0.2, 0) is 19.9 Å². The van der Waals surface area contributed by atoms with Crippen molar-refractivity contribution < 1.29 is 4.39 Å². The molecule has 0 amide bonds. The zero-order valence-corrected chi connectivity index (χ0v) is 16.4. The predicted molar refractivity (Wildman–Crippen MR) is 109 cm³/mol. The van der Waals surface area contributed by atoms with E-state index in [4.69, 9.17) is 0 Å². The van der Waals surface area contributed by atoms with Gasteiger partial charge in [-0.3, -0.25) is 4.68 Å². The normalized spacial score (nSPS) is 12.3. The van der Waals surface area contributed by atoms with E-state index in [1.807, 2.05) is 43.0 Å². The van der Waals surface area contributed by atoms with Gasteiger partial charge in [0.25, 0.3) is 0 Å². The Morgan fingerprint density at radius 2 is 1.81 bits per heavy atom. The van der Waals surface area contributed by atoms with Crippen molar-refractivity contribution >= 4 is 0 Å². The third kappa shape index (κ3) is 5.27. The summed E-state index contributed by atoms with van der Waals surface area (Å²) in [5.74, 6) is -0.131. The second-order valence-corrected chi connectivity index (χ2v) is 7.28. The van der Waals surface area contributed by atoms with Crippen molar-refractivity contribution in [2.45, 2.75) is 39.2 Å². The van der Waals surface area contributed by atoms with Crippen LogP contribution in [0.4, 0.5) is 4.39 Å². The highest BCUT2D eigenvalue weighted by molar-refractivity contribution is 5.59. The van der Waals surface area contributed by atoms with Gasteiger partial charge in [0.2, 0.25) is 0 Å². The van der Waals surface area contributed by atoms with Crippen LogP contribution in [0.3, 0.4) is 0 Å². The van der Waals surface area contributed by atoms with Gasteiger partial charge in [-0.1, -0.05) is 36.4 Å². The van der Waals surface area contributed by atoms with E-state index in [0.29, 0.717) is 11.6 Å². The maximum absolute atomic E-state index is 13.4. The second-order valence-electron chi connectivity index (χ2n) is 7.28. The zero-order chi connectivity index (χ0) is 19.2. The first-order valence-corrected chi connectivity index (χ1v) is 9.58. The minimum absolute atomic E-state index is 0.131. The Kier molecular flexibility index (Phi) is 6.40. The lowest BCUT2D eigenvalue weighted by atomic mass is 10.0. The molecule has 2 aromatic carbocycles. The fraction of sp³-hybridized carbons (Fsp3) is 0.348. The summed E-state index contributed by atoms with van der Waals surface area (Å²) in [6, 6.07) is 16.5. The molecule has 142 valence electrons. The van der Waals surface area contributed by atoms with Gasteiger partial charge < -0.3 is 5.32 Å². The topological polar surface area (TPSA) is 29.9 Å². The van der Waals surface area contributed by atoms with Gasteiger partial charge in [-0.25, -0.2) is 4.39 Å². The molecule has 0 saturated heterocycles. The molecule has 1 heterocycles. The van der Waals surface area contributed by atoms with Gasteiger partial charge in [0.1, 0.15) is 5.82 Å². The molecule has 3 aromatic rings. The highest BCUT2D eigenvalue weighted by Gasteiger charge is 2.06. The average Bonchev–Trinajstić information content (AvgIpc) is 3.08. The van der Waals surface area contributed by atoms with Crippen molar-refractivity contribution in [3.05, 3.63) is 77.2 Å². The third-order valence-electron chi connectivity index (χ3n) is 4.97. The number of aromatic nitrogens is 2. The molecule has 1 unspecified atom stereocenters. The molecule has 3 rings (SSSR count). The minimum Gasteiger partial charge on any atom is -0.314 e. The smallest absolute Gasteiger partial charge is 0.126 e. The minimum atomic E-state index is -0.131. The van der Waals surface area contributed by atoms with Gasteiger partial charge in [0.05, 0.1) is 5.69 Å². The SMILES string of the molecule is Cc1cc(CC(C)NCCCc2ccc(-c3ccnn3C)cc2)ccc1F. The van der Waals surface area contributed by atoms with Crippen LogP contribution in [0.5, 0.6) is 0 Å². The van der Waals surface area contributed by atoms with Crippen LogP contribution in [0.1, 0.15) is 30.0 Å². The Morgan fingerprint density at radius 1 is 1.07 bits per heavy atom. The van der Waals surface area contributed by atoms with E-state index >= 15 is 0 Å². The van der Waals surface area contributed by atoms with Crippen LogP contribution in [0, 0.1) is 12.7 Å². The monoisotopic (exact) mass is 365 g/mol. The summed E-state index contributed by atoms with van der Waals surface area (Å²) in [5.41, 5.74) is 5.58. The molecule has 0 bridgehead atoms. The quantitative estimate of drug-likeness (QED) is 0.587. The molecule has 4 heteroatoms. The van der Waals surface area contributed by atoms with E-state index < -0.39 is 0 Å². The van der Waals surface area contributed by atoms with E-state index in [1.54, 1.807) is 6.07 Å². The summed E-state index contributed by atoms with van der Waals surface area (Å²) in [6.45, 7) is 4.97. The maximum atomic E-state index is 13.4. The average molecular weight is 365 g/mol. The first kappa shape index (κ1) is 19.3. The molecule has 0 radical (unpaired) electrons. The molecule has 0 spiro atoms. The fourth-order valence-corrected chi connectivity index (χ4v) is 3.40. The van der Waals surface area contributed by atoms with Crippen LogP contribution >= 0.6 is 0 Å². The van der Waals surface area contributed by atoms with Crippen molar-refractivity contribution in [3.63, 3.8) is 0 Å². The first-order valence-electron chi connectivity index (χ1n) is 9.58. The number of hydrogen-bond acceptors (Lipinski definition) is 2. The third-order valence-corrected chi connectivity index (χ3v) is 4.97. The van der Waals surface area contributed by atoms with Crippen LogP contribution in [0.2, 0.25) is 0 Å². The summed E-state index contributed by atoms with van der Waals surface area (Å²) < 4.78 is 15.2. The molecule has 0 aliphatic carbocycles. The molecule has 27 heavy (non-hydrogen) atoms. The maximum Gasteiger partial charge on any atom is 0.126 e. The van der Waals surface area contributed by atoms with Crippen LogP contribution in [-0.4, -0.2) is 22.4 Å². The molecular weight excluding hydrogens is 337 g/mol. The summed E-state index contributed by atoms with van der Waals surface area (Å²) >= 11 is 0. The van der Waals surface area contributed by atoms with Gasteiger partial charge in [-0.2, -0.15) is 5.10 Å². The Morgan fingerprint density at radius 3 is 2.48 bits per heavy atom. The highest BCUT2D eigenvalue weighted by atomic mass is 19.1. The number of nitrogens with one attached hydrogen (secondary N) is 1. The largest absolute Gasteiger partial charge is 0.314 e. The lowest BCUT2D eigenvalue weighted by Gasteiger charge is -2.14. The summed E-state index contributed by atoms with van der Waals surface area (Å²) in [6.07, 6.45) is 4.89. The standard InChI is InChI=1S/C23H28FN3/c1-17-15-20(8-11-22(17)24)16-18(2)25-13-4-5-19-6-9-21(10-7-19)23-12-14-26-27(23)3/h6-12,14-15,18,25H,4-5,13,16H2,1-3H3. The van der Waals surface area contributed by atoms with Crippen molar-refractivity contribution in [2.24, 2.45) is 7.05 Å². The first-order chi connectivity index (χ1) is 13.0. The number of nitrogens with zero attached hydrogens (tertiary/aromatic N) is 2. The van der Waals surface area contributed by atoms with Gasteiger partial charge in [0, 0.05) is 19.3 Å².